The summed E-state index contributed by atoms with van der Waals surface area (Å²) in [6.07, 6.45) is 2.60. The number of amides is 2. The first kappa shape index (κ1) is 25.3. The van der Waals surface area contributed by atoms with Gasteiger partial charge in [0.1, 0.15) is 6.04 Å². The quantitative estimate of drug-likeness (QED) is 0.531. The van der Waals surface area contributed by atoms with Crippen molar-refractivity contribution in [2.45, 2.75) is 32.5 Å². The molecule has 0 bridgehead atoms. The summed E-state index contributed by atoms with van der Waals surface area (Å²) in [4.78, 5) is 30.6. The second-order valence-electron chi connectivity index (χ2n) is 8.37. The fourth-order valence-electron chi connectivity index (χ4n) is 4.03. The summed E-state index contributed by atoms with van der Waals surface area (Å²) in [5.41, 5.74) is 2.94. The number of thioether (sulfide) groups is 1. The first-order valence-electron chi connectivity index (χ1n) is 11.7. The van der Waals surface area contributed by atoms with Gasteiger partial charge in [0, 0.05) is 44.8 Å². The lowest BCUT2D eigenvalue weighted by Gasteiger charge is -2.34. The Hall–Kier alpha value is -2.35. The van der Waals surface area contributed by atoms with Crippen LogP contribution in [0.5, 0.6) is 0 Å². The van der Waals surface area contributed by atoms with Gasteiger partial charge >= 0.3 is 0 Å². The lowest BCUT2D eigenvalue weighted by Crippen LogP contribution is -2.47. The Labute approximate surface area is 202 Å². The zero-order valence-corrected chi connectivity index (χ0v) is 20.6. The first-order valence-corrected chi connectivity index (χ1v) is 13.1. The van der Waals surface area contributed by atoms with E-state index in [0.29, 0.717) is 18.5 Å². The Bertz CT molecular complexity index is 885. The maximum atomic E-state index is 13.0. The van der Waals surface area contributed by atoms with Gasteiger partial charge in [0.25, 0.3) is 5.91 Å². The van der Waals surface area contributed by atoms with Crippen LogP contribution < -0.4 is 10.6 Å². The molecule has 3 rings (SSSR count). The zero-order chi connectivity index (χ0) is 23.5. The van der Waals surface area contributed by atoms with Gasteiger partial charge < -0.3 is 15.5 Å². The highest BCUT2D eigenvalue weighted by molar-refractivity contribution is 7.98. The predicted molar refractivity (Wildman–Crippen MR) is 136 cm³/mol. The highest BCUT2D eigenvalue weighted by Crippen LogP contribution is 2.14. The summed E-state index contributed by atoms with van der Waals surface area (Å²) in [6, 6.07) is 16.8. The van der Waals surface area contributed by atoms with Crippen LogP contribution in [0, 0.1) is 0 Å². The molecule has 0 saturated carbocycles. The van der Waals surface area contributed by atoms with Crippen LogP contribution >= 0.6 is 11.8 Å². The number of rotatable bonds is 11. The molecule has 1 aliphatic heterocycles. The molecule has 33 heavy (non-hydrogen) atoms. The third-order valence-electron chi connectivity index (χ3n) is 6.15. The lowest BCUT2D eigenvalue weighted by atomic mass is 10.1. The summed E-state index contributed by atoms with van der Waals surface area (Å²) >= 11 is 1.67. The molecule has 178 valence electrons. The third kappa shape index (κ3) is 7.88. The van der Waals surface area contributed by atoms with Gasteiger partial charge in [-0.3, -0.25) is 14.5 Å². The normalized spacial score (nSPS) is 15.7. The number of hydrogen-bond donors (Lipinski definition) is 2. The Morgan fingerprint density at radius 2 is 1.58 bits per heavy atom. The topological polar surface area (TPSA) is 64.7 Å². The van der Waals surface area contributed by atoms with Gasteiger partial charge in [0.05, 0.1) is 0 Å². The van der Waals surface area contributed by atoms with E-state index in [1.54, 1.807) is 23.9 Å². The van der Waals surface area contributed by atoms with Gasteiger partial charge in [-0.1, -0.05) is 49.4 Å². The first-order chi connectivity index (χ1) is 16.1. The van der Waals surface area contributed by atoms with Crippen LogP contribution in [-0.4, -0.2) is 72.4 Å². The molecule has 1 atom stereocenters. The number of hydrogen-bond acceptors (Lipinski definition) is 5. The van der Waals surface area contributed by atoms with Crippen molar-refractivity contribution < 1.29 is 9.59 Å². The molecule has 2 aromatic carbocycles. The van der Waals surface area contributed by atoms with Crippen LogP contribution in [0.4, 0.5) is 0 Å². The monoisotopic (exact) mass is 468 g/mol. The van der Waals surface area contributed by atoms with E-state index in [1.807, 2.05) is 30.5 Å². The van der Waals surface area contributed by atoms with Crippen molar-refractivity contribution in [1.82, 2.24) is 20.4 Å². The fourth-order valence-corrected chi connectivity index (χ4v) is 4.50. The molecule has 1 aliphatic rings. The minimum atomic E-state index is -0.556. The van der Waals surface area contributed by atoms with Gasteiger partial charge in [-0.05, 0) is 48.2 Å². The Morgan fingerprint density at radius 3 is 2.24 bits per heavy atom. The van der Waals surface area contributed by atoms with Crippen molar-refractivity contribution in [3.05, 3.63) is 71.3 Å². The number of benzene rings is 2. The average molecular weight is 469 g/mol. The number of piperazine rings is 1. The summed E-state index contributed by atoms with van der Waals surface area (Å²) in [5.74, 6) is 0.441. The van der Waals surface area contributed by atoms with Crippen LogP contribution in [0.1, 0.15) is 34.8 Å². The van der Waals surface area contributed by atoms with Crippen LogP contribution in [0.15, 0.2) is 54.6 Å². The van der Waals surface area contributed by atoms with Gasteiger partial charge in [0.15, 0.2) is 0 Å². The molecule has 1 fully saturated rings. The largest absolute Gasteiger partial charge is 0.350 e. The van der Waals surface area contributed by atoms with E-state index in [0.717, 1.165) is 50.6 Å². The number of nitrogens with one attached hydrogen (secondary N) is 2. The van der Waals surface area contributed by atoms with E-state index in [4.69, 9.17) is 0 Å². The highest BCUT2D eigenvalue weighted by atomic mass is 32.2. The van der Waals surface area contributed by atoms with Crippen molar-refractivity contribution in [1.29, 1.82) is 0 Å². The zero-order valence-electron chi connectivity index (χ0n) is 19.8. The van der Waals surface area contributed by atoms with E-state index in [2.05, 4.69) is 45.6 Å². The molecular formula is C26H36N4O2S. The van der Waals surface area contributed by atoms with Crippen molar-refractivity contribution >= 4 is 23.6 Å². The molecular weight excluding hydrogens is 432 g/mol. The Balaban J connectivity index is 1.58. The van der Waals surface area contributed by atoms with E-state index >= 15 is 0 Å². The maximum Gasteiger partial charge on any atom is 0.251 e. The van der Waals surface area contributed by atoms with Crippen molar-refractivity contribution in [3.8, 4) is 0 Å². The molecule has 0 radical (unpaired) electrons. The second kappa shape index (κ2) is 13.4. The summed E-state index contributed by atoms with van der Waals surface area (Å²) in [5, 5.41) is 5.99. The maximum absolute atomic E-state index is 13.0. The smallest absolute Gasteiger partial charge is 0.251 e. The van der Waals surface area contributed by atoms with Crippen LogP contribution in [-0.2, 0) is 17.9 Å². The van der Waals surface area contributed by atoms with Crippen LogP contribution in [0.25, 0.3) is 0 Å². The van der Waals surface area contributed by atoms with E-state index in [1.165, 1.54) is 5.56 Å². The minimum absolute atomic E-state index is 0.139. The van der Waals surface area contributed by atoms with Crippen LogP contribution in [0.3, 0.4) is 0 Å². The molecule has 2 aromatic rings. The molecule has 1 unspecified atom stereocenters. The SMILES string of the molecule is CCN1CCN(Cc2ccccc2CNC(=O)C(CCSC)NC(=O)c2ccccc2)CC1. The molecule has 0 aromatic heterocycles. The summed E-state index contributed by atoms with van der Waals surface area (Å²) in [6.45, 7) is 9.01. The number of carbonyl (C=O) groups excluding carboxylic acids is 2. The molecule has 6 nitrogen and oxygen atoms in total. The van der Waals surface area contributed by atoms with Gasteiger partial charge in [-0.15, -0.1) is 0 Å². The number of carbonyl (C=O) groups is 2. The number of likely N-dealkylation sites (N-methyl/N-ethyl adjacent to an activating group) is 1. The highest BCUT2D eigenvalue weighted by Gasteiger charge is 2.22. The van der Waals surface area contributed by atoms with Crippen molar-refractivity contribution in [2.75, 3.05) is 44.7 Å². The summed E-state index contributed by atoms with van der Waals surface area (Å²) < 4.78 is 0. The molecule has 1 heterocycles. The standard InChI is InChI=1S/C26H36N4O2S/c1-3-29-14-16-30(17-15-29)20-23-12-8-7-11-22(23)19-27-26(32)24(13-18-33-2)28-25(31)21-9-5-4-6-10-21/h4-12,24H,3,13-20H2,1-2H3,(H,27,32)(H,28,31). The second-order valence-corrected chi connectivity index (χ2v) is 9.36. The van der Waals surface area contributed by atoms with Gasteiger partial charge in [-0.25, -0.2) is 0 Å². The van der Waals surface area contributed by atoms with Crippen molar-refractivity contribution in [2.24, 2.45) is 0 Å². The van der Waals surface area contributed by atoms with E-state index in [-0.39, 0.29) is 11.8 Å². The molecule has 2 N–H and O–H groups in total. The minimum Gasteiger partial charge on any atom is -0.350 e. The predicted octanol–water partition coefficient (Wildman–Crippen LogP) is 2.99. The Kier molecular flexibility index (Phi) is 10.2. The molecule has 0 spiro atoms. The number of nitrogens with zero attached hydrogens (tertiary/aromatic N) is 2. The lowest BCUT2D eigenvalue weighted by molar-refractivity contribution is -0.123. The molecule has 7 heteroatoms. The van der Waals surface area contributed by atoms with E-state index in [9.17, 15) is 9.59 Å². The fraction of sp³-hybridized carbons (Fsp3) is 0.462. The van der Waals surface area contributed by atoms with Crippen molar-refractivity contribution in [3.63, 3.8) is 0 Å². The molecule has 2 amide bonds. The van der Waals surface area contributed by atoms with Gasteiger partial charge in [-0.2, -0.15) is 11.8 Å². The molecule has 0 aliphatic carbocycles. The van der Waals surface area contributed by atoms with Gasteiger partial charge in [0.2, 0.25) is 5.91 Å². The van der Waals surface area contributed by atoms with Crippen LogP contribution in [0.2, 0.25) is 0 Å². The molecule has 1 saturated heterocycles. The third-order valence-corrected chi connectivity index (χ3v) is 6.79. The Morgan fingerprint density at radius 1 is 0.939 bits per heavy atom. The van der Waals surface area contributed by atoms with E-state index < -0.39 is 6.04 Å². The summed E-state index contributed by atoms with van der Waals surface area (Å²) in [7, 11) is 0. The average Bonchev–Trinajstić information content (AvgIpc) is 2.86.